The third-order valence-electron chi connectivity index (χ3n) is 5.53. The summed E-state index contributed by atoms with van der Waals surface area (Å²) in [6.45, 7) is 0.922. The van der Waals surface area contributed by atoms with Crippen molar-refractivity contribution < 1.29 is 33.5 Å². The lowest BCUT2D eigenvalue weighted by atomic mass is 10.2. The van der Waals surface area contributed by atoms with Gasteiger partial charge in [-0.05, 0) is 240 Å². The molecule has 0 saturated carbocycles. The second-order valence-electron chi connectivity index (χ2n) is 8.25. The van der Waals surface area contributed by atoms with Gasteiger partial charge >= 0.3 is 17.9 Å². The summed E-state index contributed by atoms with van der Waals surface area (Å²) >= 11 is 19.4. The van der Waals surface area contributed by atoms with Gasteiger partial charge in [0, 0.05) is 32.1 Å². The number of carbonyl (C=O) groups is 3. The maximum Gasteiger partial charge on any atom is 0.344 e. The zero-order valence-electron chi connectivity index (χ0n) is 20.9. The Morgan fingerprint density at radius 3 is 1.10 bits per heavy atom. The van der Waals surface area contributed by atoms with Gasteiger partial charge < -0.3 is 14.2 Å². The fraction of sp³-hybridized carbons (Fsp3) is 0.192. The molecule has 42 heavy (non-hydrogen) atoms. The van der Waals surface area contributed by atoms with E-state index in [1.807, 2.05) is 36.4 Å². The Morgan fingerprint density at radius 2 is 0.762 bits per heavy atom. The molecule has 7 nitrogen and oxygen atoms in total. The second-order valence-corrected chi connectivity index (χ2v) is 18.5. The summed E-state index contributed by atoms with van der Waals surface area (Å²) in [6.07, 6.45) is 0. The first-order valence-corrected chi connectivity index (χ1v) is 21.3. The van der Waals surface area contributed by atoms with Crippen molar-refractivity contribution in [2.24, 2.45) is 0 Å². The average molecular weight is 1580 g/mol. The van der Waals surface area contributed by atoms with Crippen molar-refractivity contribution in [2.75, 3.05) is 33.0 Å². The molecule has 0 aromatic heterocycles. The third-order valence-corrected chi connectivity index (χ3v) is 17.4. The van der Waals surface area contributed by atoms with Gasteiger partial charge in [-0.25, -0.2) is 14.4 Å². The molecule has 16 heteroatoms. The Bertz CT molecular complexity index is 1440. The fourth-order valence-corrected chi connectivity index (χ4v) is 10.3. The van der Waals surface area contributed by atoms with Crippen molar-refractivity contribution in [1.82, 2.24) is 0 Å². The summed E-state index contributed by atoms with van der Waals surface area (Å²) in [5.41, 5.74) is 1.59. The van der Waals surface area contributed by atoms with Crippen LogP contribution in [0.25, 0.3) is 0 Å². The van der Waals surface area contributed by atoms with Crippen LogP contribution in [0.5, 0.6) is 0 Å². The number of esters is 3. The summed E-state index contributed by atoms with van der Waals surface area (Å²) in [5, 5.41) is 0. The fourth-order valence-electron chi connectivity index (χ4n) is 3.37. The van der Waals surface area contributed by atoms with E-state index in [9.17, 15) is 14.4 Å². The average Bonchev–Trinajstić information content (AvgIpc) is 2.94. The Labute approximate surface area is 365 Å². The van der Waals surface area contributed by atoms with Gasteiger partial charge in [-0.2, -0.15) is 0 Å². The normalized spacial score (nSPS) is 11.0. The highest BCUT2D eigenvalue weighted by molar-refractivity contribution is 14.1. The topological polar surface area (TPSA) is 83.3 Å². The van der Waals surface area contributed by atoms with Gasteiger partial charge in [-0.3, -0.25) is 4.90 Å². The second kappa shape index (κ2) is 19.0. The number of quaternary nitrogens is 1. The molecular weight excluding hydrogens is 1560 g/mol. The molecular formula is C26H17I9NO6+. The lowest BCUT2D eigenvalue weighted by Crippen LogP contribution is -3.13. The third kappa shape index (κ3) is 10.8. The minimum absolute atomic E-state index is 0.0160. The van der Waals surface area contributed by atoms with Gasteiger partial charge in [0.1, 0.15) is 26.3 Å². The van der Waals surface area contributed by atoms with E-state index in [0.717, 1.165) is 37.0 Å². The van der Waals surface area contributed by atoms with Crippen LogP contribution in [0.1, 0.15) is 31.1 Å². The van der Waals surface area contributed by atoms with Crippen LogP contribution < -0.4 is 4.90 Å². The van der Waals surface area contributed by atoms with Crippen molar-refractivity contribution >= 4 is 221 Å². The van der Waals surface area contributed by atoms with Gasteiger partial charge in [-0.1, -0.05) is 0 Å². The molecule has 0 spiro atoms. The Balaban J connectivity index is 1.69. The van der Waals surface area contributed by atoms with E-state index >= 15 is 0 Å². The predicted molar refractivity (Wildman–Crippen MR) is 235 cm³/mol. The van der Waals surface area contributed by atoms with Crippen LogP contribution in [0.15, 0.2) is 36.4 Å². The molecule has 0 aliphatic rings. The van der Waals surface area contributed by atoms with Crippen LogP contribution in [0, 0.1) is 32.1 Å². The number of hydrogen-bond donors (Lipinski definition) is 1. The first-order valence-electron chi connectivity index (χ1n) is 11.6. The highest BCUT2D eigenvalue weighted by Crippen LogP contribution is 2.27. The maximum absolute atomic E-state index is 13.1. The molecule has 0 radical (unpaired) electrons. The van der Waals surface area contributed by atoms with E-state index in [1.54, 1.807) is 0 Å². The van der Waals surface area contributed by atoms with Gasteiger partial charge in [0.25, 0.3) is 0 Å². The van der Waals surface area contributed by atoms with E-state index in [-0.39, 0.29) is 19.9 Å². The Kier molecular flexibility index (Phi) is 17.6. The highest BCUT2D eigenvalue weighted by atomic mass is 127. The zero-order chi connectivity index (χ0) is 31.1. The standard InChI is InChI=1S/C26H16I9NO6/c27-12-1-4-15(30)21(33)18(12)24(37)40-9-7-36(11-42-26(39)20-14(29)3-6-17(32)23(20)35)8-10-41-25(38)19-13(28)2-5-16(31)22(19)34/h1-6H,7-11H2/p+1. The largest absolute Gasteiger partial charge is 0.456 e. The van der Waals surface area contributed by atoms with E-state index in [2.05, 4.69) is 203 Å². The molecule has 1 N–H and O–H groups in total. The number of carbonyl (C=O) groups excluding carboxylic acids is 3. The highest BCUT2D eigenvalue weighted by Gasteiger charge is 2.23. The first-order chi connectivity index (χ1) is 19.8. The molecule has 3 aromatic rings. The summed E-state index contributed by atoms with van der Waals surface area (Å²) in [5.74, 6) is -1.24. The SMILES string of the molecule is O=C(OCC[NH+](CCOC(=O)c1c(I)ccc(I)c1I)COC(=O)c1c(I)ccc(I)c1I)c1c(I)ccc(I)c1I. The van der Waals surface area contributed by atoms with Crippen LogP contribution in [-0.4, -0.2) is 50.9 Å². The van der Waals surface area contributed by atoms with E-state index < -0.39 is 17.9 Å². The van der Waals surface area contributed by atoms with Crippen LogP contribution in [0.2, 0.25) is 0 Å². The molecule has 0 atom stereocenters. The molecule has 3 rings (SSSR count). The van der Waals surface area contributed by atoms with Crippen molar-refractivity contribution in [1.29, 1.82) is 0 Å². The van der Waals surface area contributed by atoms with Crippen LogP contribution in [0.3, 0.4) is 0 Å². The van der Waals surface area contributed by atoms with Gasteiger partial charge in [-0.15, -0.1) is 0 Å². The minimum Gasteiger partial charge on any atom is -0.456 e. The molecule has 0 fully saturated rings. The summed E-state index contributed by atoms with van der Waals surface area (Å²) in [4.78, 5) is 39.7. The molecule has 0 bridgehead atoms. The zero-order valence-corrected chi connectivity index (χ0v) is 40.3. The van der Waals surface area contributed by atoms with E-state index in [0.29, 0.717) is 29.8 Å². The lowest BCUT2D eigenvalue weighted by molar-refractivity contribution is -0.917. The molecule has 3 aromatic carbocycles. The quantitative estimate of drug-likeness (QED) is 0.0694. The number of rotatable bonds is 11. The van der Waals surface area contributed by atoms with Crippen LogP contribution in [-0.2, 0) is 14.2 Å². The monoisotopic (exact) mass is 1580 g/mol. The van der Waals surface area contributed by atoms with Gasteiger partial charge in [0.2, 0.25) is 6.73 Å². The predicted octanol–water partition coefficient (Wildman–Crippen LogP) is 7.84. The molecule has 0 aliphatic heterocycles. The number of hydrogen-bond acceptors (Lipinski definition) is 6. The number of ether oxygens (including phenoxy) is 3. The van der Waals surface area contributed by atoms with E-state index in [4.69, 9.17) is 14.2 Å². The maximum atomic E-state index is 13.1. The van der Waals surface area contributed by atoms with Crippen molar-refractivity contribution in [3.63, 3.8) is 0 Å². The summed E-state index contributed by atoms with van der Waals surface area (Å²) in [7, 11) is 0. The lowest BCUT2D eigenvalue weighted by Gasteiger charge is -2.20. The summed E-state index contributed by atoms with van der Waals surface area (Å²) in [6, 6.07) is 11.5. The van der Waals surface area contributed by atoms with Crippen molar-refractivity contribution in [3.8, 4) is 0 Å². The van der Waals surface area contributed by atoms with Gasteiger partial charge in [0.05, 0.1) is 16.7 Å². The summed E-state index contributed by atoms with van der Waals surface area (Å²) < 4.78 is 24.8. The molecule has 224 valence electrons. The molecule has 0 amide bonds. The molecule has 0 saturated heterocycles. The first kappa shape index (κ1) is 39.0. The Hall–Kier alpha value is 2.60. The number of halogens is 9. The molecule has 0 aliphatic carbocycles. The number of benzene rings is 3. The van der Waals surface area contributed by atoms with Crippen molar-refractivity contribution in [2.45, 2.75) is 0 Å². The van der Waals surface area contributed by atoms with E-state index in [1.165, 1.54) is 0 Å². The molecule has 0 heterocycles. The van der Waals surface area contributed by atoms with Crippen LogP contribution >= 0.6 is 203 Å². The smallest absolute Gasteiger partial charge is 0.344 e. The minimum atomic E-state index is -0.431. The van der Waals surface area contributed by atoms with Gasteiger partial charge in [0.15, 0.2) is 0 Å². The van der Waals surface area contributed by atoms with Crippen molar-refractivity contribution in [3.05, 3.63) is 85.2 Å². The number of nitrogens with one attached hydrogen (secondary N) is 1. The van der Waals surface area contributed by atoms with Crippen LogP contribution in [0.4, 0.5) is 0 Å². The molecule has 0 unspecified atom stereocenters. The Morgan fingerprint density at radius 1 is 0.476 bits per heavy atom.